The number of pyridine rings is 1. The van der Waals surface area contributed by atoms with Crippen molar-refractivity contribution in [3.05, 3.63) is 58.3 Å². The Morgan fingerprint density at radius 2 is 2.11 bits per heavy atom. The second-order valence-electron chi connectivity index (χ2n) is 3.75. The minimum atomic E-state index is -0.517. The lowest BCUT2D eigenvalue weighted by atomic mass is 10.2. The Kier molecular flexibility index (Phi) is 3.61. The van der Waals surface area contributed by atoms with Crippen molar-refractivity contribution in [1.29, 1.82) is 0 Å². The molecule has 2 rings (SSSR count). The summed E-state index contributed by atoms with van der Waals surface area (Å²) in [5.74, 6) is -0.944. The molecule has 0 aliphatic rings. The third-order valence-electron chi connectivity index (χ3n) is 2.45. The van der Waals surface area contributed by atoms with Crippen LogP contribution in [0.2, 0.25) is 0 Å². The summed E-state index contributed by atoms with van der Waals surface area (Å²) in [6.45, 7) is 0. The minimum Gasteiger partial charge on any atom is -0.494 e. The molecule has 2 aromatic rings. The minimum absolute atomic E-state index is 0.0312. The van der Waals surface area contributed by atoms with Gasteiger partial charge in [-0.25, -0.2) is 4.39 Å². The number of hydrogen-bond donors (Lipinski definition) is 2. The summed E-state index contributed by atoms with van der Waals surface area (Å²) in [4.78, 5) is 25.4. The number of hydrogen-bond acceptors (Lipinski definition) is 3. The predicted molar refractivity (Wildman–Crippen MR) is 68.0 cm³/mol. The maximum atomic E-state index is 13.2. The molecular formula is C13H11FN2O3. The number of anilines is 1. The van der Waals surface area contributed by atoms with Crippen LogP contribution in [-0.2, 0) is 0 Å². The van der Waals surface area contributed by atoms with E-state index in [1.165, 1.54) is 43.6 Å². The van der Waals surface area contributed by atoms with Crippen LogP contribution in [0, 0.1) is 5.82 Å². The highest BCUT2D eigenvalue weighted by Gasteiger charge is 2.09. The lowest BCUT2D eigenvalue weighted by molar-refractivity contribution is 0.102. The van der Waals surface area contributed by atoms with E-state index in [9.17, 15) is 14.0 Å². The Bertz CT molecular complexity index is 667. The first-order chi connectivity index (χ1) is 9.10. The molecule has 1 heterocycles. The van der Waals surface area contributed by atoms with Crippen LogP contribution in [-0.4, -0.2) is 18.0 Å². The number of ether oxygens (including phenoxy) is 1. The Hall–Kier alpha value is -2.63. The van der Waals surface area contributed by atoms with Gasteiger partial charge in [-0.15, -0.1) is 0 Å². The molecule has 0 saturated carbocycles. The Balaban J connectivity index is 2.21. The van der Waals surface area contributed by atoms with Gasteiger partial charge in [0.25, 0.3) is 5.91 Å². The number of nitrogens with one attached hydrogen (secondary N) is 2. The first-order valence-electron chi connectivity index (χ1n) is 5.44. The number of carbonyl (C=O) groups is 1. The van der Waals surface area contributed by atoms with E-state index in [0.717, 1.165) is 0 Å². The number of benzene rings is 1. The van der Waals surface area contributed by atoms with E-state index >= 15 is 0 Å². The Morgan fingerprint density at radius 3 is 2.79 bits per heavy atom. The molecule has 0 atom stereocenters. The first-order valence-corrected chi connectivity index (χ1v) is 5.44. The molecule has 0 bridgehead atoms. The highest BCUT2D eigenvalue weighted by atomic mass is 19.1. The summed E-state index contributed by atoms with van der Waals surface area (Å²) < 4.78 is 18.0. The number of H-pyrrole nitrogens is 1. The van der Waals surface area contributed by atoms with E-state index in [1.807, 2.05) is 0 Å². The highest BCUT2D eigenvalue weighted by Crippen LogP contribution is 2.21. The van der Waals surface area contributed by atoms with E-state index in [1.54, 1.807) is 0 Å². The lowest BCUT2D eigenvalue weighted by Gasteiger charge is -2.07. The van der Waals surface area contributed by atoms with Gasteiger partial charge in [0.2, 0.25) is 5.56 Å². The molecule has 0 aliphatic carbocycles. The third kappa shape index (κ3) is 2.98. The van der Waals surface area contributed by atoms with Crippen LogP contribution in [0.25, 0.3) is 0 Å². The number of aromatic amines is 1. The topological polar surface area (TPSA) is 71.2 Å². The van der Waals surface area contributed by atoms with Crippen molar-refractivity contribution < 1.29 is 13.9 Å². The summed E-state index contributed by atoms with van der Waals surface area (Å²) in [5, 5.41) is 2.55. The van der Waals surface area contributed by atoms with Gasteiger partial charge in [-0.05, 0) is 18.2 Å². The average Bonchev–Trinajstić information content (AvgIpc) is 2.41. The molecule has 5 nitrogen and oxygen atoms in total. The fraction of sp³-hybridized carbons (Fsp3) is 0.0769. The van der Waals surface area contributed by atoms with Crippen LogP contribution in [0.1, 0.15) is 10.4 Å². The molecule has 1 aromatic carbocycles. The van der Waals surface area contributed by atoms with Gasteiger partial charge in [0.1, 0.15) is 0 Å². The maximum absolute atomic E-state index is 13.2. The van der Waals surface area contributed by atoms with E-state index in [-0.39, 0.29) is 16.9 Å². The Labute approximate surface area is 108 Å². The van der Waals surface area contributed by atoms with Crippen molar-refractivity contribution in [2.45, 2.75) is 0 Å². The summed E-state index contributed by atoms with van der Waals surface area (Å²) in [6.07, 6.45) is 1.38. The number of methoxy groups -OCH3 is 1. The molecule has 0 saturated heterocycles. The number of rotatable bonds is 3. The van der Waals surface area contributed by atoms with Crippen LogP contribution in [0.15, 0.2) is 41.3 Å². The van der Waals surface area contributed by atoms with Crippen LogP contribution in [0.5, 0.6) is 5.75 Å². The standard InChI is InChI=1S/C13H11FN2O3/c1-19-11-7-9(2-3-10(11)14)16-13(18)8-4-5-15-12(17)6-8/h2-7H,1H3,(H,15,17)(H,16,18). The van der Waals surface area contributed by atoms with Crippen molar-refractivity contribution in [2.24, 2.45) is 0 Å². The van der Waals surface area contributed by atoms with Gasteiger partial charge in [0.15, 0.2) is 11.6 Å². The maximum Gasteiger partial charge on any atom is 0.255 e. The largest absolute Gasteiger partial charge is 0.494 e. The molecule has 98 valence electrons. The van der Waals surface area contributed by atoms with Gasteiger partial charge in [-0.1, -0.05) is 0 Å². The molecular weight excluding hydrogens is 251 g/mol. The van der Waals surface area contributed by atoms with Crippen molar-refractivity contribution >= 4 is 11.6 Å². The monoisotopic (exact) mass is 262 g/mol. The molecule has 6 heteroatoms. The SMILES string of the molecule is COc1cc(NC(=O)c2cc[nH]c(=O)c2)ccc1F. The van der Waals surface area contributed by atoms with E-state index < -0.39 is 11.7 Å². The van der Waals surface area contributed by atoms with Crippen LogP contribution in [0.3, 0.4) is 0 Å². The zero-order valence-corrected chi connectivity index (χ0v) is 10.1. The van der Waals surface area contributed by atoms with Crippen LogP contribution < -0.4 is 15.6 Å². The lowest BCUT2D eigenvalue weighted by Crippen LogP contribution is -2.15. The Morgan fingerprint density at radius 1 is 1.32 bits per heavy atom. The smallest absolute Gasteiger partial charge is 0.255 e. The summed E-state index contributed by atoms with van der Waals surface area (Å²) in [7, 11) is 1.33. The van der Waals surface area contributed by atoms with Crippen molar-refractivity contribution in [2.75, 3.05) is 12.4 Å². The molecule has 0 unspecified atom stereocenters. The zero-order chi connectivity index (χ0) is 13.8. The van der Waals surface area contributed by atoms with Gasteiger partial charge >= 0.3 is 0 Å². The van der Waals surface area contributed by atoms with E-state index in [2.05, 4.69) is 10.3 Å². The van der Waals surface area contributed by atoms with Gasteiger partial charge in [0, 0.05) is 29.6 Å². The molecule has 0 radical (unpaired) electrons. The number of halogens is 1. The fourth-order valence-corrected chi connectivity index (χ4v) is 1.53. The highest BCUT2D eigenvalue weighted by molar-refractivity contribution is 6.04. The summed E-state index contributed by atoms with van der Waals surface area (Å²) in [5.41, 5.74) is 0.222. The van der Waals surface area contributed by atoms with Gasteiger partial charge in [-0.2, -0.15) is 0 Å². The normalized spacial score (nSPS) is 10.0. The van der Waals surface area contributed by atoms with Crippen molar-refractivity contribution in [3.63, 3.8) is 0 Å². The molecule has 2 N–H and O–H groups in total. The quantitative estimate of drug-likeness (QED) is 0.885. The van der Waals surface area contributed by atoms with Gasteiger partial charge < -0.3 is 15.0 Å². The van der Waals surface area contributed by atoms with Gasteiger partial charge in [0.05, 0.1) is 7.11 Å². The first kappa shape index (κ1) is 12.8. The molecule has 1 amide bonds. The molecule has 0 fully saturated rings. The second-order valence-corrected chi connectivity index (χ2v) is 3.75. The average molecular weight is 262 g/mol. The van der Waals surface area contributed by atoms with Gasteiger partial charge in [-0.3, -0.25) is 9.59 Å². The summed E-state index contributed by atoms with van der Waals surface area (Å²) >= 11 is 0. The van der Waals surface area contributed by atoms with Crippen molar-refractivity contribution in [3.8, 4) is 5.75 Å². The number of aromatic nitrogens is 1. The van der Waals surface area contributed by atoms with Crippen LogP contribution >= 0.6 is 0 Å². The fourth-order valence-electron chi connectivity index (χ4n) is 1.53. The van der Waals surface area contributed by atoms with E-state index in [4.69, 9.17) is 4.74 Å². The summed E-state index contributed by atoms with van der Waals surface area (Å²) in [6, 6.07) is 6.60. The molecule has 0 spiro atoms. The van der Waals surface area contributed by atoms with Crippen LogP contribution in [0.4, 0.5) is 10.1 Å². The number of amides is 1. The molecule has 19 heavy (non-hydrogen) atoms. The third-order valence-corrected chi connectivity index (χ3v) is 2.45. The molecule has 0 aliphatic heterocycles. The second kappa shape index (κ2) is 5.34. The predicted octanol–water partition coefficient (Wildman–Crippen LogP) is 1.77. The zero-order valence-electron chi connectivity index (χ0n) is 10.1. The molecule has 1 aromatic heterocycles. The van der Waals surface area contributed by atoms with E-state index in [0.29, 0.717) is 5.69 Å². The number of carbonyl (C=O) groups excluding carboxylic acids is 1. The van der Waals surface area contributed by atoms with Crippen molar-refractivity contribution in [1.82, 2.24) is 4.98 Å².